The number of aryl methyl sites for hydroxylation is 1. The molecule has 20 heavy (non-hydrogen) atoms. The van der Waals surface area contributed by atoms with Gasteiger partial charge in [-0.3, -0.25) is 9.59 Å². The van der Waals surface area contributed by atoms with Crippen LogP contribution in [0.1, 0.15) is 51.7 Å². The molecule has 1 heterocycles. The lowest BCUT2D eigenvalue weighted by Crippen LogP contribution is -2.36. The number of carbonyl (C=O) groups is 2. The van der Waals surface area contributed by atoms with Crippen LogP contribution in [0.4, 0.5) is 0 Å². The number of carboxylic acid groups (broad SMARTS) is 1. The molecule has 0 spiro atoms. The number of hydrogen-bond acceptors (Lipinski definition) is 4. The standard InChI is InChI=1S/C14H22N2O4/c1-4-10-8-16-12(20-10)9-15-11(17)7-14(5-2,6-3)13(18)19/h8H,4-7,9H2,1-3H3,(H,15,17)(H,18,19). The van der Waals surface area contributed by atoms with Crippen LogP contribution in [-0.4, -0.2) is 22.0 Å². The van der Waals surface area contributed by atoms with Gasteiger partial charge in [0.15, 0.2) is 0 Å². The van der Waals surface area contributed by atoms with E-state index in [1.54, 1.807) is 20.0 Å². The molecule has 1 rings (SSSR count). The summed E-state index contributed by atoms with van der Waals surface area (Å²) in [5.74, 6) is -0.0326. The summed E-state index contributed by atoms with van der Waals surface area (Å²) in [6.07, 6.45) is 3.18. The Morgan fingerprint density at radius 3 is 2.45 bits per heavy atom. The van der Waals surface area contributed by atoms with Gasteiger partial charge >= 0.3 is 5.97 Å². The average Bonchev–Trinajstić information content (AvgIpc) is 2.90. The summed E-state index contributed by atoms with van der Waals surface area (Å²) in [5.41, 5.74) is -0.991. The molecule has 0 atom stereocenters. The molecule has 0 aromatic carbocycles. The van der Waals surface area contributed by atoms with Gasteiger partial charge in [0, 0.05) is 12.8 Å². The number of rotatable bonds is 8. The van der Waals surface area contributed by atoms with E-state index < -0.39 is 11.4 Å². The van der Waals surface area contributed by atoms with Crippen molar-refractivity contribution in [1.29, 1.82) is 0 Å². The summed E-state index contributed by atoms with van der Waals surface area (Å²) in [6, 6.07) is 0. The molecule has 0 aliphatic carbocycles. The molecule has 0 aliphatic heterocycles. The first-order valence-electron chi connectivity index (χ1n) is 6.91. The van der Waals surface area contributed by atoms with Gasteiger partial charge in [-0.15, -0.1) is 0 Å². The van der Waals surface area contributed by atoms with E-state index in [0.717, 1.165) is 12.2 Å². The van der Waals surface area contributed by atoms with Crippen LogP contribution in [0.3, 0.4) is 0 Å². The molecule has 0 fully saturated rings. The first-order chi connectivity index (χ1) is 9.47. The van der Waals surface area contributed by atoms with Gasteiger partial charge in [-0.1, -0.05) is 20.8 Å². The minimum Gasteiger partial charge on any atom is -0.481 e. The van der Waals surface area contributed by atoms with Crippen LogP contribution in [0.15, 0.2) is 10.6 Å². The van der Waals surface area contributed by atoms with Crippen LogP contribution in [0.2, 0.25) is 0 Å². The molecule has 0 saturated carbocycles. The average molecular weight is 282 g/mol. The number of nitrogens with one attached hydrogen (secondary N) is 1. The highest BCUT2D eigenvalue weighted by atomic mass is 16.4. The second-order valence-corrected chi connectivity index (χ2v) is 4.82. The van der Waals surface area contributed by atoms with Gasteiger partial charge in [-0.05, 0) is 12.8 Å². The number of carboxylic acids is 1. The minimum absolute atomic E-state index is 0.0311. The predicted molar refractivity (Wildman–Crippen MR) is 73.0 cm³/mol. The molecule has 0 bridgehead atoms. The molecule has 0 radical (unpaired) electrons. The summed E-state index contributed by atoms with van der Waals surface area (Å²) < 4.78 is 5.37. The first-order valence-corrected chi connectivity index (χ1v) is 6.91. The third-order valence-corrected chi connectivity index (χ3v) is 3.69. The number of aliphatic carboxylic acids is 1. The summed E-state index contributed by atoms with van der Waals surface area (Å²) in [6.45, 7) is 5.70. The van der Waals surface area contributed by atoms with Crippen molar-refractivity contribution in [3.63, 3.8) is 0 Å². The molecule has 6 nitrogen and oxygen atoms in total. The second kappa shape index (κ2) is 7.07. The fraction of sp³-hybridized carbons (Fsp3) is 0.643. The fourth-order valence-electron chi connectivity index (χ4n) is 2.02. The van der Waals surface area contributed by atoms with E-state index in [4.69, 9.17) is 4.42 Å². The maximum atomic E-state index is 11.9. The van der Waals surface area contributed by atoms with Crippen molar-refractivity contribution >= 4 is 11.9 Å². The van der Waals surface area contributed by atoms with Gasteiger partial charge < -0.3 is 14.8 Å². The van der Waals surface area contributed by atoms with E-state index in [0.29, 0.717) is 18.7 Å². The van der Waals surface area contributed by atoms with Crippen molar-refractivity contribution < 1.29 is 19.1 Å². The molecule has 1 aromatic heterocycles. The minimum atomic E-state index is -0.991. The van der Waals surface area contributed by atoms with Gasteiger partial charge in [0.2, 0.25) is 11.8 Å². The number of carbonyl (C=O) groups excluding carboxylic acids is 1. The lowest BCUT2D eigenvalue weighted by molar-refractivity contribution is -0.152. The summed E-state index contributed by atoms with van der Waals surface area (Å²) >= 11 is 0. The molecule has 0 unspecified atom stereocenters. The van der Waals surface area contributed by atoms with Gasteiger partial charge in [-0.2, -0.15) is 0 Å². The Morgan fingerprint density at radius 1 is 1.35 bits per heavy atom. The third kappa shape index (κ3) is 3.82. The van der Waals surface area contributed by atoms with Crippen molar-refractivity contribution in [2.24, 2.45) is 5.41 Å². The molecule has 1 amide bonds. The quantitative estimate of drug-likeness (QED) is 0.762. The number of oxazole rings is 1. The number of aromatic nitrogens is 1. The van der Waals surface area contributed by atoms with Crippen LogP contribution in [-0.2, 0) is 22.6 Å². The van der Waals surface area contributed by atoms with Gasteiger partial charge in [0.1, 0.15) is 5.76 Å². The van der Waals surface area contributed by atoms with E-state index >= 15 is 0 Å². The number of amides is 1. The molecule has 6 heteroatoms. The van der Waals surface area contributed by atoms with E-state index in [1.165, 1.54) is 0 Å². The SMILES string of the molecule is CCc1cnc(CNC(=O)CC(CC)(CC)C(=O)O)o1. The highest BCUT2D eigenvalue weighted by molar-refractivity contribution is 5.84. The van der Waals surface area contributed by atoms with Crippen LogP contribution >= 0.6 is 0 Å². The molecule has 112 valence electrons. The Bertz CT molecular complexity index is 463. The smallest absolute Gasteiger partial charge is 0.310 e. The van der Waals surface area contributed by atoms with E-state index in [1.807, 2.05) is 6.92 Å². The Morgan fingerprint density at radius 2 is 2.00 bits per heavy atom. The van der Waals surface area contributed by atoms with Crippen molar-refractivity contribution in [3.05, 3.63) is 17.8 Å². The molecular formula is C14H22N2O4. The Balaban J connectivity index is 2.56. The number of nitrogens with zero attached hydrogens (tertiary/aromatic N) is 1. The predicted octanol–water partition coefficient (Wildman–Crippen LogP) is 2.13. The Labute approximate surface area is 118 Å². The molecule has 0 aliphatic rings. The van der Waals surface area contributed by atoms with E-state index in [2.05, 4.69) is 10.3 Å². The van der Waals surface area contributed by atoms with Crippen LogP contribution in [0.25, 0.3) is 0 Å². The van der Waals surface area contributed by atoms with Crippen molar-refractivity contribution in [2.75, 3.05) is 0 Å². The lowest BCUT2D eigenvalue weighted by Gasteiger charge is -2.25. The summed E-state index contributed by atoms with van der Waals surface area (Å²) in [4.78, 5) is 27.2. The maximum Gasteiger partial charge on any atom is 0.310 e. The molecular weight excluding hydrogens is 260 g/mol. The zero-order chi connectivity index (χ0) is 15.2. The van der Waals surface area contributed by atoms with Crippen LogP contribution in [0.5, 0.6) is 0 Å². The van der Waals surface area contributed by atoms with E-state index in [-0.39, 0.29) is 18.9 Å². The first kappa shape index (κ1) is 16.2. The fourth-order valence-corrected chi connectivity index (χ4v) is 2.02. The van der Waals surface area contributed by atoms with Crippen molar-refractivity contribution in [3.8, 4) is 0 Å². The van der Waals surface area contributed by atoms with Gasteiger partial charge in [0.25, 0.3) is 0 Å². The summed E-state index contributed by atoms with van der Waals surface area (Å²) in [7, 11) is 0. The Kier molecular flexibility index (Phi) is 5.73. The van der Waals surface area contributed by atoms with Crippen LogP contribution in [0, 0.1) is 5.41 Å². The van der Waals surface area contributed by atoms with Gasteiger partial charge in [0.05, 0.1) is 18.2 Å². The highest BCUT2D eigenvalue weighted by Gasteiger charge is 2.37. The number of hydrogen-bond donors (Lipinski definition) is 2. The topological polar surface area (TPSA) is 92.4 Å². The maximum absolute atomic E-state index is 11.9. The van der Waals surface area contributed by atoms with Crippen molar-refractivity contribution in [1.82, 2.24) is 10.3 Å². The summed E-state index contributed by atoms with van der Waals surface area (Å²) in [5, 5.41) is 11.9. The Hall–Kier alpha value is -1.85. The second-order valence-electron chi connectivity index (χ2n) is 4.82. The molecule has 1 aromatic rings. The zero-order valence-electron chi connectivity index (χ0n) is 12.2. The zero-order valence-corrected chi connectivity index (χ0v) is 12.2. The lowest BCUT2D eigenvalue weighted by atomic mass is 9.79. The van der Waals surface area contributed by atoms with Crippen molar-refractivity contribution in [2.45, 2.75) is 53.0 Å². The van der Waals surface area contributed by atoms with Crippen LogP contribution < -0.4 is 5.32 Å². The largest absolute Gasteiger partial charge is 0.481 e. The highest BCUT2D eigenvalue weighted by Crippen LogP contribution is 2.30. The normalized spacial score (nSPS) is 11.3. The molecule has 2 N–H and O–H groups in total. The van der Waals surface area contributed by atoms with E-state index in [9.17, 15) is 14.7 Å². The monoisotopic (exact) mass is 282 g/mol. The third-order valence-electron chi connectivity index (χ3n) is 3.69. The van der Waals surface area contributed by atoms with Gasteiger partial charge in [-0.25, -0.2) is 4.98 Å². The molecule has 0 saturated heterocycles.